The normalized spacial score (nSPS) is 39.5. The zero-order valence-electron chi connectivity index (χ0n) is 31.4. The topological polar surface area (TPSA) is 164 Å². The average Bonchev–Trinajstić information content (AvgIpc) is 3.05. The number of azo groups is 1. The van der Waals surface area contributed by atoms with Crippen molar-refractivity contribution in [3.8, 4) is 0 Å². The SMILES string of the molecule is CC1(C(=O)O)CCC2(C)CCC3(C)C(=CC(=O)C4C5(C)CCC(O)C(C)(C)C5CCC43C)C2C1.Cl.Nc1ccc(N=Nc2ccccc2)c(N)n1. The predicted octanol–water partition coefficient (Wildman–Crippen LogP) is 9.50. The first-order chi connectivity index (χ1) is 23.3. The Hall–Kier alpha value is -3.30. The molecule has 4 saturated carbocycles. The number of hydrogen-bond donors (Lipinski definition) is 4. The lowest BCUT2D eigenvalue weighted by Crippen LogP contribution is -2.66. The molecule has 1 aromatic heterocycles. The number of nitrogen functional groups attached to an aromatic ring is 2. The average molecular weight is 720 g/mol. The van der Waals surface area contributed by atoms with Crippen LogP contribution in [0.2, 0.25) is 0 Å². The van der Waals surface area contributed by atoms with Gasteiger partial charge in [-0.05, 0) is 134 Å². The molecule has 0 saturated heterocycles. The Kier molecular flexibility index (Phi) is 10.1. The second-order valence-corrected chi connectivity index (χ2v) is 18.1. The van der Waals surface area contributed by atoms with Gasteiger partial charge < -0.3 is 21.7 Å². The van der Waals surface area contributed by atoms with Crippen LogP contribution in [-0.2, 0) is 9.59 Å². The Bertz CT molecular complexity index is 1730. The Morgan fingerprint density at radius 1 is 0.863 bits per heavy atom. The maximum Gasteiger partial charge on any atom is 0.309 e. The van der Waals surface area contributed by atoms with Gasteiger partial charge in [0.05, 0.1) is 17.2 Å². The molecule has 5 aliphatic carbocycles. The second-order valence-electron chi connectivity index (χ2n) is 18.1. The molecule has 0 bridgehead atoms. The third kappa shape index (κ3) is 6.20. The maximum atomic E-state index is 14.2. The number of nitrogens with two attached hydrogens (primary N) is 2. The van der Waals surface area contributed by atoms with Crippen LogP contribution in [0.3, 0.4) is 0 Å². The number of rotatable bonds is 3. The number of aliphatic carboxylic acids is 1. The van der Waals surface area contributed by atoms with Crippen molar-refractivity contribution in [2.75, 3.05) is 11.5 Å². The van der Waals surface area contributed by atoms with E-state index in [9.17, 15) is 19.8 Å². The summed E-state index contributed by atoms with van der Waals surface area (Å²) < 4.78 is 0. The summed E-state index contributed by atoms with van der Waals surface area (Å²) in [7, 11) is 0. The Morgan fingerprint density at radius 2 is 1.53 bits per heavy atom. The van der Waals surface area contributed by atoms with Crippen LogP contribution in [0.4, 0.5) is 23.0 Å². The van der Waals surface area contributed by atoms with Gasteiger partial charge in [-0.15, -0.1) is 17.5 Å². The van der Waals surface area contributed by atoms with Crippen molar-refractivity contribution in [2.24, 2.45) is 60.5 Å². The molecule has 5 aliphatic rings. The van der Waals surface area contributed by atoms with Crippen LogP contribution in [0.5, 0.6) is 0 Å². The monoisotopic (exact) mass is 719 g/mol. The summed E-state index contributed by atoms with van der Waals surface area (Å²) in [6.45, 7) is 15.8. The summed E-state index contributed by atoms with van der Waals surface area (Å²) in [5, 5.41) is 28.9. The van der Waals surface area contributed by atoms with E-state index in [0.717, 1.165) is 57.1 Å². The highest BCUT2D eigenvalue weighted by atomic mass is 35.5. The summed E-state index contributed by atoms with van der Waals surface area (Å²) in [4.78, 5) is 30.3. The third-order valence-electron chi connectivity index (χ3n) is 15.0. The van der Waals surface area contributed by atoms with Crippen LogP contribution in [0.25, 0.3) is 0 Å². The lowest BCUT2D eigenvalue weighted by atomic mass is 9.33. The smallest absolute Gasteiger partial charge is 0.309 e. The van der Waals surface area contributed by atoms with Crippen molar-refractivity contribution in [1.82, 2.24) is 4.98 Å². The number of aliphatic hydroxyl groups excluding tert-OH is 1. The number of benzene rings is 1. The molecular weight excluding hydrogens is 662 g/mol. The molecule has 2 aromatic rings. The van der Waals surface area contributed by atoms with E-state index in [-0.39, 0.29) is 69.0 Å². The molecule has 0 aliphatic heterocycles. The first-order valence-electron chi connectivity index (χ1n) is 18.5. The number of carboxylic acid groups (broad SMARTS) is 1. The summed E-state index contributed by atoms with van der Waals surface area (Å²) in [5.41, 5.74) is 12.5. The van der Waals surface area contributed by atoms with Crippen molar-refractivity contribution < 1.29 is 19.8 Å². The summed E-state index contributed by atoms with van der Waals surface area (Å²) in [6, 6.07) is 12.7. The molecule has 7 rings (SSSR count). The molecule has 4 fully saturated rings. The quantitative estimate of drug-likeness (QED) is 0.229. The fourth-order valence-electron chi connectivity index (χ4n) is 11.5. The number of aromatic nitrogens is 1. The molecule has 9 unspecified atom stereocenters. The first kappa shape index (κ1) is 38.9. The minimum Gasteiger partial charge on any atom is -0.481 e. The molecule has 9 atom stereocenters. The van der Waals surface area contributed by atoms with E-state index in [1.54, 1.807) is 12.1 Å². The molecule has 0 radical (unpaired) electrons. The molecule has 0 amide bonds. The van der Waals surface area contributed by atoms with Crippen molar-refractivity contribution in [3.63, 3.8) is 0 Å². The van der Waals surface area contributed by atoms with E-state index in [0.29, 0.717) is 23.8 Å². The van der Waals surface area contributed by atoms with Gasteiger partial charge in [0.25, 0.3) is 0 Å². The van der Waals surface area contributed by atoms with Gasteiger partial charge in [0, 0.05) is 5.92 Å². The molecular formula is C41H58ClN5O4. The fraction of sp³-hybridized carbons (Fsp3) is 0.634. The highest BCUT2D eigenvalue weighted by Crippen LogP contribution is 2.75. The number of anilines is 2. The van der Waals surface area contributed by atoms with Gasteiger partial charge in [-0.2, -0.15) is 5.11 Å². The minimum absolute atomic E-state index is 0. The molecule has 0 spiro atoms. The molecule has 278 valence electrons. The number of halogens is 1. The number of nitrogens with zero attached hydrogens (tertiary/aromatic N) is 3. The van der Waals surface area contributed by atoms with Crippen molar-refractivity contribution in [2.45, 2.75) is 112 Å². The van der Waals surface area contributed by atoms with Crippen LogP contribution in [0, 0.1) is 50.2 Å². The molecule has 51 heavy (non-hydrogen) atoms. The number of aliphatic hydroxyl groups is 1. The Morgan fingerprint density at radius 3 is 2.18 bits per heavy atom. The molecule has 1 aromatic carbocycles. The van der Waals surface area contributed by atoms with Crippen LogP contribution in [-0.4, -0.2) is 33.1 Å². The zero-order chi connectivity index (χ0) is 36.5. The van der Waals surface area contributed by atoms with Crippen molar-refractivity contribution in [3.05, 3.63) is 54.1 Å². The van der Waals surface area contributed by atoms with Gasteiger partial charge in [-0.3, -0.25) is 9.59 Å². The number of carbonyl (C=O) groups is 2. The standard InChI is InChI=1S/C30H46O4.C11H11N5.ClH/c1-25(2)21-8-11-30(7)23(28(21,5)10-9-22(25)32)20(31)16-18-19-17-27(4,24(33)34)13-12-26(19,3)14-15-29(18,30)6;12-10-7-6-9(11(13)14-10)16-15-8-4-2-1-3-5-8;/h16,19,21-23,32H,8-15,17H2,1-7H3,(H,33,34);1-7H,(H4,12,13,14);1H. The van der Waals surface area contributed by atoms with Gasteiger partial charge >= 0.3 is 5.97 Å². The number of hydrogen-bond acceptors (Lipinski definition) is 8. The van der Waals surface area contributed by atoms with Gasteiger partial charge in [0.1, 0.15) is 11.5 Å². The molecule has 1 heterocycles. The fourth-order valence-corrected chi connectivity index (χ4v) is 11.5. The van der Waals surface area contributed by atoms with E-state index < -0.39 is 11.4 Å². The zero-order valence-corrected chi connectivity index (χ0v) is 32.2. The van der Waals surface area contributed by atoms with Gasteiger partial charge in [0.15, 0.2) is 11.6 Å². The number of pyridine rings is 1. The van der Waals surface area contributed by atoms with Crippen LogP contribution >= 0.6 is 12.4 Å². The predicted molar refractivity (Wildman–Crippen MR) is 204 cm³/mol. The first-order valence-corrected chi connectivity index (χ1v) is 18.5. The number of ketones is 1. The van der Waals surface area contributed by atoms with Gasteiger partial charge in [-0.1, -0.05) is 65.3 Å². The van der Waals surface area contributed by atoms with Gasteiger partial charge in [0.2, 0.25) is 0 Å². The van der Waals surface area contributed by atoms with Crippen molar-refractivity contribution in [1.29, 1.82) is 0 Å². The van der Waals surface area contributed by atoms with E-state index >= 15 is 0 Å². The Balaban J connectivity index is 0.000000249. The summed E-state index contributed by atoms with van der Waals surface area (Å²) >= 11 is 0. The Labute approximate surface area is 309 Å². The lowest BCUT2D eigenvalue weighted by Gasteiger charge is -2.70. The van der Waals surface area contributed by atoms with E-state index in [4.69, 9.17) is 11.5 Å². The van der Waals surface area contributed by atoms with Crippen LogP contribution in [0.15, 0.2) is 64.3 Å². The van der Waals surface area contributed by atoms with E-state index in [1.165, 1.54) is 5.57 Å². The number of allylic oxidation sites excluding steroid dienone is 2. The van der Waals surface area contributed by atoms with E-state index in [2.05, 4.69) is 56.8 Å². The highest BCUT2D eigenvalue weighted by Gasteiger charge is 2.70. The molecule has 6 N–H and O–H groups in total. The van der Waals surface area contributed by atoms with Gasteiger partial charge in [-0.25, -0.2) is 4.98 Å². The highest BCUT2D eigenvalue weighted by molar-refractivity contribution is 5.95. The summed E-state index contributed by atoms with van der Waals surface area (Å²) in [5.74, 6) is 0.709. The molecule has 9 nitrogen and oxygen atoms in total. The lowest BCUT2D eigenvalue weighted by molar-refractivity contribution is -0.202. The summed E-state index contributed by atoms with van der Waals surface area (Å²) in [6.07, 6.45) is 9.95. The third-order valence-corrected chi connectivity index (χ3v) is 15.0. The largest absolute Gasteiger partial charge is 0.481 e. The maximum absolute atomic E-state index is 14.2. The number of carboxylic acids is 1. The number of carbonyl (C=O) groups excluding carboxylic acids is 1. The number of fused-ring (bicyclic) bond motifs is 7. The second kappa shape index (κ2) is 13.3. The molecule has 10 heteroatoms. The van der Waals surface area contributed by atoms with Crippen molar-refractivity contribution >= 4 is 47.2 Å². The van der Waals surface area contributed by atoms with Crippen LogP contribution < -0.4 is 11.5 Å². The van der Waals surface area contributed by atoms with Crippen LogP contribution in [0.1, 0.15) is 106 Å². The minimum atomic E-state index is -0.711. The van der Waals surface area contributed by atoms with E-state index in [1.807, 2.05) is 43.3 Å².